The summed E-state index contributed by atoms with van der Waals surface area (Å²) in [6.07, 6.45) is 6.26. The van der Waals surface area contributed by atoms with Crippen molar-refractivity contribution in [3.05, 3.63) is 10.6 Å². The molecule has 0 radical (unpaired) electrons. The van der Waals surface area contributed by atoms with Crippen LogP contribution in [0.2, 0.25) is 0 Å². The Balaban J connectivity index is 1.70. The molecular weight excluding hydrogens is 272 g/mol. The average molecular weight is 294 g/mol. The lowest BCUT2D eigenvalue weighted by atomic mass is 9.88. The fourth-order valence-corrected chi connectivity index (χ4v) is 4.90. The van der Waals surface area contributed by atoms with Crippen LogP contribution in [0.25, 0.3) is 0 Å². The normalized spacial score (nSPS) is 28.0. The van der Waals surface area contributed by atoms with E-state index in [1.54, 1.807) is 0 Å². The third-order valence-corrected chi connectivity index (χ3v) is 6.13. The van der Waals surface area contributed by atoms with Gasteiger partial charge in [-0.25, -0.2) is 9.78 Å². The zero-order valence-electron chi connectivity index (χ0n) is 12.1. The minimum atomic E-state index is -0.848. The average Bonchev–Trinajstić information content (AvgIpc) is 3.12. The van der Waals surface area contributed by atoms with Gasteiger partial charge in [-0.1, -0.05) is 24.7 Å². The van der Waals surface area contributed by atoms with Crippen LogP contribution in [0.15, 0.2) is 0 Å². The Morgan fingerprint density at radius 3 is 2.75 bits per heavy atom. The molecule has 0 spiro atoms. The van der Waals surface area contributed by atoms with Gasteiger partial charge in [0.05, 0.1) is 5.69 Å². The van der Waals surface area contributed by atoms with Gasteiger partial charge in [-0.2, -0.15) is 0 Å². The summed E-state index contributed by atoms with van der Waals surface area (Å²) in [6.45, 7) is 2.98. The van der Waals surface area contributed by atoms with Gasteiger partial charge in [0, 0.05) is 13.6 Å². The maximum Gasteiger partial charge on any atom is 0.347 e. The summed E-state index contributed by atoms with van der Waals surface area (Å²) >= 11 is 1.32. The van der Waals surface area contributed by atoms with E-state index < -0.39 is 5.97 Å². The smallest absolute Gasteiger partial charge is 0.347 e. The van der Waals surface area contributed by atoms with E-state index in [9.17, 15) is 9.90 Å². The largest absolute Gasteiger partial charge is 0.477 e. The van der Waals surface area contributed by atoms with Crippen molar-refractivity contribution in [2.45, 2.75) is 39.0 Å². The number of aromatic nitrogens is 1. The number of fused-ring (bicyclic) bond motifs is 2. The molecule has 1 N–H and O–H groups in total. The van der Waals surface area contributed by atoms with Crippen molar-refractivity contribution in [3.8, 4) is 0 Å². The number of nitrogens with zero attached hydrogens (tertiary/aromatic N) is 2. The van der Waals surface area contributed by atoms with Crippen molar-refractivity contribution in [3.63, 3.8) is 0 Å². The molecule has 0 aliphatic heterocycles. The van der Waals surface area contributed by atoms with Gasteiger partial charge in [0.1, 0.15) is 4.88 Å². The molecule has 1 heterocycles. The van der Waals surface area contributed by atoms with E-state index in [4.69, 9.17) is 0 Å². The third-order valence-electron chi connectivity index (χ3n) is 4.93. The first-order chi connectivity index (χ1) is 9.58. The van der Waals surface area contributed by atoms with Crippen LogP contribution >= 0.6 is 11.3 Å². The van der Waals surface area contributed by atoms with Crippen LogP contribution in [0.5, 0.6) is 0 Å². The number of carboxylic acids is 1. The Kier molecular flexibility index (Phi) is 3.71. The van der Waals surface area contributed by atoms with Crippen LogP contribution in [0.3, 0.4) is 0 Å². The maximum absolute atomic E-state index is 11.2. The van der Waals surface area contributed by atoms with Gasteiger partial charge in [-0.3, -0.25) is 0 Å². The Morgan fingerprint density at radius 2 is 2.25 bits per heavy atom. The lowest BCUT2D eigenvalue weighted by molar-refractivity contribution is 0.0701. The zero-order valence-corrected chi connectivity index (χ0v) is 12.9. The van der Waals surface area contributed by atoms with Crippen molar-refractivity contribution in [2.75, 3.05) is 18.5 Å². The molecule has 110 valence electrons. The number of aryl methyl sites for hydroxylation is 1. The summed E-state index contributed by atoms with van der Waals surface area (Å²) in [7, 11) is 2.05. The lowest BCUT2D eigenvalue weighted by Gasteiger charge is -2.26. The second-order valence-corrected chi connectivity index (χ2v) is 7.22. The van der Waals surface area contributed by atoms with Crippen molar-refractivity contribution in [1.29, 1.82) is 0 Å². The van der Waals surface area contributed by atoms with Crippen LogP contribution in [0.4, 0.5) is 5.13 Å². The molecule has 1 aromatic heterocycles. The van der Waals surface area contributed by atoms with Gasteiger partial charge >= 0.3 is 5.97 Å². The first-order valence-electron chi connectivity index (χ1n) is 7.52. The molecule has 4 nitrogen and oxygen atoms in total. The Morgan fingerprint density at radius 1 is 1.45 bits per heavy atom. The summed E-state index contributed by atoms with van der Waals surface area (Å²) in [5.41, 5.74) is 0.720. The van der Waals surface area contributed by atoms with Gasteiger partial charge in [-0.15, -0.1) is 0 Å². The number of aromatic carboxylic acids is 1. The third kappa shape index (κ3) is 2.43. The lowest BCUT2D eigenvalue weighted by Crippen LogP contribution is -2.28. The molecule has 3 atom stereocenters. The van der Waals surface area contributed by atoms with E-state index in [1.165, 1.54) is 37.0 Å². The molecule has 2 fully saturated rings. The topological polar surface area (TPSA) is 53.4 Å². The highest BCUT2D eigenvalue weighted by atomic mass is 32.1. The molecule has 20 heavy (non-hydrogen) atoms. The quantitative estimate of drug-likeness (QED) is 0.905. The SMILES string of the molecule is CCc1nc(N(C)CC2CC3CCC2C3)sc1C(=O)O. The fourth-order valence-electron chi connectivity index (χ4n) is 3.94. The van der Waals surface area contributed by atoms with Crippen LogP contribution in [-0.4, -0.2) is 29.7 Å². The second kappa shape index (κ2) is 5.35. The number of thiazole rings is 1. The van der Waals surface area contributed by atoms with E-state index >= 15 is 0 Å². The Labute approximate surface area is 123 Å². The van der Waals surface area contributed by atoms with Crippen LogP contribution < -0.4 is 4.90 Å². The van der Waals surface area contributed by atoms with Crippen molar-refractivity contribution < 1.29 is 9.90 Å². The predicted molar refractivity (Wildman–Crippen MR) is 80.7 cm³/mol. The van der Waals surface area contributed by atoms with E-state index in [1.807, 2.05) is 6.92 Å². The number of hydrogen-bond donors (Lipinski definition) is 1. The highest BCUT2D eigenvalue weighted by Gasteiger charge is 2.39. The number of hydrogen-bond acceptors (Lipinski definition) is 4. The van der Waals surface area contributed by atoms with E-state index in [0.29, 0.717) is 11.3 Å². The number of anilines is 1. The molecule has 2 bridgehead atoms. The Hall–Kier alpha value is -1.10. The zero-order chi connectivity index (χ0) is 14.3. The molecular formula is C15H22N2O2S. The minimum Gasteiger partial charge on any atom is -0.477 e. The molecule has 3 unspecified atom stereocenters. The fraction of sp³-hybridized carbons (Fsp3) is 0.733. The molecule has 5 heteroatoms. The van der Waals surface area contributed by atoms with Gasteiger partial charge in [0.2, 0.25) is 0 Å². The molecule has 0 amide bonds. The van der Waals surface area contributed by atoms with Crippen molar-refractivity contribution in [1.82, 2.24) is 4.98 Å². The van der Waals surface area contributed by atoms with Crippen molar-refractivity contribution in [2.24, 2.45) is 17.8 Å². The number of carbonyl (C=O) groups is 1. The van der Waals surface area contributed by atoms with Gasteiger partial charge in [-0.05, 0) is 43.4 Å². The predicted octanol–water partition coefficient (Wildman–Crippen LogP) is 3.28. The monoisotopic (exact) mass is 294 g/mol. The summed E-state index contributed by atoms with van der Waals surface area (Å²) in [5.74, 6) is 1.78. The minimum absolute atomic E-state index is 0.405. The molecule has 2 aliphatic carbocycles. The van der Waals surface area contributed by atoms with Crippen LogP contribution in [0.1, 0.15) is 48.0 Å². The molecule has 2 saturated carbocycles. The first kappa shape index (κ1) is 13.9. The van der Waals surface area contributed by atoms with E-state index in [-0.39, 0.29) is 0 Å². The highest BCUT2D eigenvalue weighted by Crippen LogP contribution is 2.48. The second-order valence-electron chi connectivity index (χ2n) is 6.25. The number of carboxylic acid groups (broad SMARTS) is 1. The molecule has 3 rings (SSSR count). The van der Waals surface area contributed by atoms with Crippen LogP contribution in [-0.2, 0) is 6.42 Å². The highest BCUT2D eigenvalue weighted by molar-refractivity contribution is 7.17. The standard InChI is InChI=1S/C15H22N2O2S/c1-3-12-13(14(18)19)20-15(16-12)17(2)8-11-7-9-4-5-10(11)6-9/h9-11H,3-8H2,1-2H3,(H,18,19). The molecule has 0 aromatic carbocycles. The van der Waals surface area contributed by atoms with Gasteiger partial charge in [0.25, 0.3) is 0 Å². The van der Waals surface area contributed by atoms with E-state index in [0.717, 1.165) is 35.1 Å². The van der Waals surface area contributed by atoms with Gasteiger partial charge < -0.3 is 10.0 Å². The summed E-state index contributed by atoms with van der Waals surface area (Å²) < 4.78 is 0. The molecule has 2 aliphatic rings. The number of rotatable bonds is 5. The van der Waals surface area contributed by atoms with Crippen molar-refractivity contribution >= 4 is 22.4 Å². The molecule has 1 aromatic rings. The summed E-state index contributed by atoms with van der Waals surface area (Å²) in [6, 6.07) is 0. The van der Waals surface area contributed by atoms with Gasteiger partial charge in [0.15, 0.2) is 5.13 Å². The first-order valence-corrected chi connectivity index (χ1v) is 8.34. The molecule has 0 saturated heterocycles. The summed E-state index contributed by atoms with van der Waals surface area (Å²) in [5, 5.41) is 10.1. The maximum atomic E-state index is 11.2. The summed E-state index contributed by atoms with van der Waals surface area (Å²) in [4.78, 5) is 18.3. The Bertz CT molecular complexity index is 514. The van der Waals surface area contributed by atoms with E-state index in [2.05, 4.69) is 16.9 Å². The van der Waals surface area contributed by atoms with Crippen LogP contribution in [0, 0.1) is 17.8 Å².